The predicted octanol–water partition coefficient (Wildman–Crippen LogP) is 0.0138. The largest absolute Gasteiger partial charge is 0.439 e. The second-order valence-corrected chi connectivity index (χ2v) is 9.97. The van der Waals surface area contributed by atoms with Gasteiger partial charge in [-0.1, -0.05) is 48.0 Å². The SMILES string of the molecule is Cc1ccc(S(=O)(=O)N[C@@H](C)C(=O)NC[C@H]2OC(=O)N([C@@H](Cc3ccccc3)C(N)=O)[C@@H]2O)cc1. The molecular formula is C23H28N4O7S. The number of nitrogens with zero attached hydrogens (tertiary/aromatic N) is 1. The fraction of sp³-hybridized carbons (Fsp3) is 0.348. The number of aliphatic hydroxyl groups excluding tert-OH is 1. The highest BCUT2D eigenvalue weighted by Gasteiger charge is 2.46. The lowest BCUT2D eigenvalue weighted by Crippen LogP contribution is -2.53. The Morgan fingerprint density at radius 3 is 2.37 bits per heavy atom. The van der Waals surface area contributed by atoms with Crippen LogP contribution < -0.4 is 15.8 Å². The summed E-state index contributed by atoms with van der Waals surface area (Å²) in [5.74, 6) is -1.52. The molecule has 5 N–H and O–H groups in total. The summed E-state index contributed by atoms with van der Waals surface area (Å²) in [7, 11) is -3.94. The third-order valence-corrected chi connectivity index (χ3v) is 7.11. The molecule has 1 fully saturated rings. The standard InChI is InChI=1S/C23H28N4O7S/c1-14-8-10-17(11-9-14)35(32,33)26-15(2)21(29)25-13-19-22(30)27(23(31)34-19)18(20(24)28)12-16-6-4-3-5-7-16/h3-11,15,18-19,22,26,30H,12-13H2,1-2H3,(H2,24,28)(H,25,29)/t15-,18-,19+,22+/m0/s1. The van der Waals surface area contributed by atoms with Gasteiger partial charge in [-0.05, 0) is 31.5 Å². The van der Waals surface area contributed by atoms with Gasteiger partial charge in [0.2, 0.25) is 21.8 Å². The number of cyclic esters (lactones) is 1. The number of benzene rings is 2. The summed E-state index contributed by atoms with van der Waals surface area (Å²) in [6.45, 7) is 2.86. The molecular weight excluding hydrogens is 476 g/mol. The van der Waals surface area contributed by atoms with Gasteiger partial charge in [0.05, 0.1) is 17.5 Å². The van der Waals surface area contributed by atoms with Crippen molar-refractivity contribution in [2.45, 2.75) is 49.6 Å². The van der Waals surface area contributed by atoms with E-state index in [1.54, 1.807) is 42.5 Å². The van der Waals surface area contributed by atoms with Crippen LogP contribution in [0.4, 0.5) is 4.79 Å². The number of aliphatic hydroxyl groups is 1. The molecule has 3 amide bonds. The lowest BCUT2D eigenvalue weighted by Gasteiger charge is -2.27. The lowest BCUT2D eigenvalue weighted by molar-refractivity contribution is -0.126. The van der Waals surface area contributed by atoms with Crippen molar-refractivity contribution in [1.29, 1.82) is 0 Å². The van der Waals surface area contributed by atoms with Crippen LogP contribution in [0.15, 0.2) is 59.5 Å². The molecule has 3 rings (SSSR count). The van der Waals surface area contributed by atoms with Crippen LogP contribution >= 0.6 is 0 Å². The summed E-state index contributed by atoms with van der Waals surface area (Å²) in [4.78, 5) is 37.8. The zero-order valence-electron chi connectivity index (χ0n) is 19.2. The predicted molar refractivity (Wildman–Crippen MR) is 125 cm³/mol. The first-order valence-corrected chi connectivity index (χ1v) is 12.3. The number of sulfonamides is 1. The first-order valence-electron chi connectivity index (χ1n) is 10.9. The van der Waals surface area contributed by atoms with Crippen LogP contribution in [0, 0.1) is 6.92 Å². The molecule has 1 saturated heterocycles. The van der Waals surface area contributed by atoms with Gasteiger partial charge in [0.1, 0.15) is 6.04 Å². The molecule has 2 aromatic rings. The van der Waals surface area contributed by atoms with Crippen LogP contribution in [0.5, 0.6) is 0 Å². The molecule has 1 aliphatic rings. The average molecular weight is 505 g/mol. The maximum Gasteiger partial charge on any atom is 0.413 e. The summed E-state index contributed by atoms with van der Waals surface area (Å²) in [5.41, 5.74) is 7.09. The minimum absolute atomic E-state index is 0.00875. The number of rotatable bonds is 10. The lowest BCUT2D eigenvalue weighted by atomic mass is 10.0. The molecule has 11 nitrogen and oxygen atoms in total. The first kappa shape index (κ1) is 26.1. The van der Waals surface area contributed by atoms with E-state index in [1.165, 1.54) is 19.1 Å². The first-order chi connectivity index (χ1) is 16.5. The van der Waals surface area contributed by atoms with Crippen LogP contribution in [0.25, 0.3) is 0 Å². The van der Waals surface area contributed by atoms with Gasteiger partial charge in [-0.2, -0.15) is 4.72 Å². The van der Waals surface area contributed by atoms with Crippen LogP contribution in [-0.2, 0) is 30.8 Å². The fourth-order valence-electron chi connectivity index (χ4n) is 3.60. The molecule has 1 heterocycles. The van der Waals surface area contributed by atoms with E-state index in [9.17, 15) is 27.9 Å². The van der Waals surface area contributed by atoms with Gasteiger partial charge >= 0.3 is 6.09 Å². The van der Waals surface area contributed by atoms with E-state index in [0.29, 0.717) is 0 Å². The van der Waals surface area contributed by atoms with E-state index in [1.807, 2.05) is 6.92 Å². The number of carbonyl (C=O) groups is 3. The summed E-state index contributed by atoms with van der Waals surface area (Å²) < 4.78 is 32.4. The number of aryl methyl sites for hydroxylation is 1. The number of nitrogens with two attached hydrogens (primary N) is 1. The summed E-state index contributed by atoms with van der Waals surface area (Å²) in [6, 6.07) is 12.6. The highest BCUT2D eigenvalue weighted by Crippen LogP contribution is 2.22. The monoisotopic (exact) mass is 504 g/mol. The minimum atomic E-state index is -3.94. The Morgan fingerprint density at radius 2 is 1.77 bits per heavy atom. The number of hydrogen-bond donors (Lipinski definition) is 4. The smallest absolute Gasteiger partial charge is 0.413 e. The molecule has 4 atom stereocenters. The van der Waals surface area contributed by atoms with Crippen molar-refractivity contribution in [2.75, 3.05) is 6.54 Å². The van der Waals surface area contributed by atoms with Gasteiger partial charge in [0, 0.05) is 6.42 Å². The second kappa shape index (κ2) is 10.8. The van der Waals surface area contributed by atoms with E-state index in [4.69, 9.17) is 10.5 Å². The number of hydrogen-bond acceptors (Lipinski definition) is 7. The highest BCUT2D eigenvalue weighted by molar-refractivity contribution is 7.89. The van der Waals surface area contributed by atoms with Crippen molar-refractivity contribution in [3.63, 3.8) is 0 Å². The number of amides is 3. The van der Waals surface area contributed by atoms with Gasteiger partial charge in [-0.25, -0.2) is 13.2 Å². The van der Waals surface area contributed by atoms with Gasteiger partial charge in [0.15, 0.2) is 12.3 Å². The van der Waals surface area contributed by atoms with Crippen LogP contribution in [-0.4, -0.2) is 67.3 Å². The summed E-state index contributed by atoms with van der Waals surface area (Å²) in [5, 5.41) is 13.1. The maximum absolute atomic E-state index is 12.5. The Kier molecular flexibility index (Phi) is 8.10. The van der Waals surface area contributed by atoms with Gasteiger partial charge in [-0.3, -0.25) is 14.5 Å². The Morgan fingerprint density at radius 1 is 1.14 bits per heavy atom. The number of nitrogens with one attached hydrogen (secondary N) is 2. The Balaban J connectivity index is 1.60. The van der Waals surface area contributed by atoms with E-state index in [2.05, 4.69) is 10.0 Å². The molecule has 12 heteroatoms. The molecule has 35 heavy (non-hydrogen) atoms. The third-order valence-electron chi connectivity index (χ3n) is 5.55. The fourth-order valence-corrected chi connectivity index (χ4v) is 4.80. The van der Waals surface area contributed by atoms with Crippen molar-refractivity contribution >= 4 is 27.9 Å². The molecule has 0 saturated carbocycles. The van der Waals surface area contributed by atoms with Gasteiger partial charge in [0.25, 0.3) is 0 Å². The number of primary amides is 1. The Bertz CT molecular complexity index is 1170. The molecule has 2 aromatic carbocycles. The molecule has 0 spiro atoms. The maximum atomic E-state index is 12.5. The molecule has 0 radical (unpaired) electrons. The topological polar surface area (TPSA) is 168 Å². The normalized spacial score (nSPS) is 19.6. The number of ether oxygens (including phenoxy) is 1. The molecule has 1 aliphatic heterocycles. The zero-order valence-corrected chi connectivity index (χ0v) is 20.1. The summed E-state index contributed by atoms with van der Waals surface area (Å²) >= 11 is 0. The molecule has 188 valence electrons. The van der Waals surface area contributed by atoms with Gasteiger partial charge in [-0.15, -0.1) is 0 Å². The third kappa shape index (κ3) is 6.35. The van der Waals surface area contributed by atoms with E-state index >= 15 is 0 Å². The number of carbonyl (C=O) groups excluding carboxylic acids is 3. The van der Waals surface area contributed by atoms with Crippen LogP contribution in [0.2, 0.25) is 0 Å². The Labute approximate surface area is 203 Å². The van der Waals surface area contributed by atoms with Crippen molar-refractivity contribution < 1.29 is 32.6 Å². The second-order valence-electron chi connectivity index (χ2n) is 8.25. The highest BCUT2D eigenvalue weighted by atomic mass is 32.2. The average Bonchev–Trinajstić information content (AvgIpc) is 3.09. The van der Waals surface area contributed by atoms with E-state index < -0.39 is 52.3 Å². The molecule has 0 aromatic heterocycles. The van der Waals surface area contributed by atoms with E-state index in [-0.39, 0.29) is 17.9 Å². The minimum Gasteiger partial charge on any atom is -0.439 e. The quantitative estimate of drug-likeness (QED) is 0.353. The zero-order chi connectivity index (χ0) is 25.8. The van der Waals surface area contributed by atoms with Gasteiger partial charge < -0.3 is 20.9 Å². The van der Waals surface area contributed by atoms with Crippen molar-refractivity contribution in [3.8, 4) is 0 Å². The van der Waals surface area contributed by atoms with E-state index in [0.717, 1.165) is 16.0 Å². The molecule has 0 unspecified atom stereocenters. The molecule has 0 bridgehead atoms. The van der Waals surface area contributed by atoms with Crippen molar-refractivity contribution in [1.82, 2.24) is 14.9 Å². The van der Waals surface area contributed by atoms with Crippen LogP contribution in [0.3, 0.4) is 0 Å². The summed E-state index contributed by atoms with van der Waals surface area (Å²) in [6.07, 6.45) is -3.63. The molecule has 0 aliphatic carbocycles. The van der Waals surface area contributed by atoms with Crippen molar-refractivity contribution in [3.05, 3.63) is 65.7 Å². The van der Waals surface area contributed by atoms with Crippen molar-refractivity contribution in [2.24, 2.45) is 5.73 Å². The van der Waals surface area contributed by atoms with Crippen LogP contribution in [0.1, 0.15) is 18.1 Å². The Hall–Kier alpha value is -3.48.